The second kappa shape index (κ2) is 5.33. The van der Waals surface area contributed by atoms with E-state index in [4.69, 9.17) is 10.00 Å². The van der Waals surface area contributed by atoms with Gasteiger partial charge in [-0.1, -0.05) is 0 Å². The van der Waals surface area contributed by atoms with Crippen molar-refractivity contribution in [1.29, 1.82) is 5.26 Å². The van der Waals surface area contributed by atoms with E-state index in [1.165, 1.54) is 0 Å². The molecule has 1 N–H and O–H groups in total. The Morgan fingerprint density at radius 3 is 2.64 bits per heavy atom. The molecule has 0 radical (unpaired) electrons. The molecule has 0 atom stereocenters. The van der Waals surface area contributed by atoms with Crippen LogP contribution in [-0.4, -0.2) is 25.8 Å². The smallest absolute Gasteiger partial charge is 0.0684 e. The molecule has 14 heavy (non-hydrogen) atoms. The Balaban J connectivity index is 2.12. The zero-order chi connectivity index (χ0) is 10.4. The third kappa shape index (κ3) is 4.08. The second-order valence-electron chi connectivity index (χ2n) is 4.59. The third-order valence-electron chi connectivity index (χ3n) is 2.71. The van der Waals surface area contributed by atoms with Crippen molar-refractivity contribution in [3.8, 4) is 6.07 Å². The van der Waals surface area contributed by atoms with Crippen molar-refractivity contribution in [2.24, 2.45) is 5.41 Å². The first kappa shape index (κ1) is 11.5. The minimum atomic E-state index is -0.196. The molecule has 1 saturated heterocycles. The fourth-order valence-electron chi connectivity index (χ4n) is 1.55. The van der Waals surface area contributed by atoms with Crippen LogP contribution in [-0.2, 0) is 4.74 Å². The van der Waals surface area contributed by atoms with E-state index < -0.39 is 0 Å². The van der Waals surface area contributed by atoms with Crippen molar-refractivity contribution in [2.75, 3.05) is 19.8 Å². The van der Waals surface area contributed by atoms with Gasteiger partial charge in [0.25, 0.3) is 0 Å². The monoisotopic (exact) mass is 196 g/mol. The van der Waals surface area contributed by atoms with Crippen LogP contribution in [0.4, 0.5) is 0 Å². The van der Waals surface area contributed by atoms with Gasteiger partial charge in [-0.05, 0) is 39.7 Å². The fourth-order valence-corrected chi connectivity index (χ4v) is 1.55. The van der Waals surface area contributed by atoms with Gasteiger partial charge in [0.15, 0.2) is 0 Å². The molecule has 1 aliphatic rings. The molecular weight excluding hydrogens is 176 g/mol. The van der Waals surface area contributed by atoms with Crippen LogP contribution in [0.15, 0.2) is 0 Å². The molecule has 0 aliphatic carbocycles. The summed E-state index contributed by atoms with van der Waals surface area (Å²) in [6.07, 6.45) is 3.13. The topological polar surface area (TPSA) is 45.0 Å². The summed E-state index contributed by atoms with van der Waals surface area (Å²) in [5, 5.41) is 12.3. The Kier molecular flexibility index (Phi) is 4.37. The molecule has 0 aromatic carbocycles. The summed E-state index contributed by atoms with van der Waals surface area (Å²) < 4.78 is 5.28. The van der Waals surface area contributed by atoms with Crippen molar-refractivity contribution < 1.29 is 4.74 Å². The number of hydrogen-bond acceptors (Lipinski definition) is 3. The first-order valence-corrected chi connectivity index (χ1v) is 5.36. The maximum atomic E-state index is 8.83. The van der Waals surface area contributed by atoms with Gasteiger partial charge in [-0.2, -0.15) is 5.26 Å². The molecule has 0 saturated carbocycles. The average Bonchev–Trinajstić information content (AvgIpc) is 2.19. The number of nitriles is 1. The Labute approximate surface area is 86.4 Å². The zero-order valence-electron chi connectivity index (χ0n) is 9.18. The molecule has 0 spiro atoms. The largest absolute Gasteiger partial charge is 0.381 e. The highest BCUT2D eigenvalue weighted by molar-refractivity contribution is 4.92. The van der Waals surface area contributed by atoms with Crippen molar-refractivity contribution in [3.63, 3.8) is 0 Å². The quantitative estimate of drug-likeness (QED) is 0.744. The molecular formula is C11H20N2O. The molecule has 80 valence electrons. The summed E-state index contributed by atoms with van der Waals surface area (Å²) in [6, 6.07) is 2.91. The first-order valence-electron chi connectivity index (χ1n) is 5.36. The predicted molar refractivity (Wildman–Crippen MR) is 55.9 cm³/mol. The molecule has 0 amide bonds. The van der Waals surface area contributed by atoms with Crippen LogP contribution < -0.4 is 5.32 Å². The van der Waals surface area contributed by atoms with Gasteiger partial charge in [0, 0.05) is 19.3 Å². The summed E-state index contributed by atoms with van der Waals surface area (Å²) in [6.45, 7) is 6.65. The maximum Gasteiger partial charge on any atom is 0.0684 e. The average molecular weight is 196 g/mol. The van der Waals surface area contributed by atoms with Crippen LogP contribution >= 0.6 is 0 Å². The highest BCUT2D eigenvalue weighted by Crippen LogP contribution is 2.17. The number of rotatable bonds is 4. The lowest BCUT2D eigenvalue weighted by Crippen LogP contribution is -2.36. The van der Waals surface area contributed by atoms with E-state index >= 15 is 0 Å². The lowest BCUT2D eigenvalue weighted by Gasteiger charge is -2.24. The second-order valence-corrected chi connectivity index (χ2v) is 4.59. The summed E-state index contributed by atoms with van der Waals surface area (Å²) in [4.78, 5) is 0. The molecule has 0 unspecified atom stereocenters. The molecule has 0 aromatic heterocycles. The van der Waals surface area contributed by atoms with Crippen molar-refractivity contribution in [3.05, 3.63) is 0 Å². The van der Waals surface area contributed by atoms with E-state index in [1.54, 1.807) is 0 Å². The maximum absolute atomic E-state index is 8.83. The Bertz CT molecular complexity index is 202. The number of nitrogens with zero attached hydrogens (tertiary/aromatic N) is 1. The minimum Gasteiger partial charge on any atom is -0.381 e. The Morgan fingerprint density at radius 2 is 2.07 bits per heavy atom. The zero-order valence-corrected chi connectivity index (χ0v) is 9.18. The molecule has 3 heteroatoms. The first-order chi connectivity index (χ1) is 6.64. The summed E-state index contributed by atoms with van der Waals surface area (Å²) in [7, 11) is 0. The van der Waals surface area contributed by atoms with Gasteiger partial charge in [0.1, 0.15) is 0 Å². The van der Waals surface area contributed by atoms with E-state index in [9.17, 15) is 0 Å². The molecule has 0 aromatic rings. The minimum absolute atomic E-state index is 0.196. The lowest BCUT2D eigenvalue weighted by atomic mass is 9.91. The molecule has 1 heterocycles. The molecule has 1 rings (SSSR count). The molecule has 1 aliphatic heterocycles. The van der Waals surface area contributed by atoms with Gasteiger partial charge in [-0.3, -0.25) is 0 Å². The van der Waals surface area contributed by atoms with Crippen LogP contribution in [0.3, 0.4) is 0 Å². The highest BCUT2D eigenvalue weighted by atomic mass is 16.5. The van der Waals surface area contributed by atoms with Gasteiger partial charge in [-0.25, -0.2) is 0 Å². The van der Waals surface area contributed by atoms with E-state index in [0.717, 1.165) is 39.0 Å². The fraction of sp³-hybridized carbons (Fsp3) is 0.909. The molecule has 1 fully saturated rings. The highest BCUT2D eigenvalue weighted by Gasteiger charge is 2.18. The lowest BCUT2D eigenvalue weighted by molar-refractivity contribution is 0.0775. The van der Waals surface area contributed by atoms with Crippen LogP contribution in [0.5, 0.6) is 0 Å². The van der Waals surface area contributed by atoms with E-state index in [2.05, 4.69) is 11.4 Å². The normalized spacial score (nSPS) is 19.2. The third-order valence-corrected chi connectivity index (χ3v) is 2.71. The number of hydrogen-bond donors (Lipinski definition) is 1. The Morgan fingerprint density at radius 1 is 1.43 bits per heavy atom. The van der Waals surface area contributed by atoms with Crippen LogP contribution in [0, 0.1) is 16.7 Å². The van der Waals surface area contributed by atoms with Crippen LogP contribution in [0.1, 0.15) is 33.1 Å². The number of ether oxygens (including phenoxy) is 1. The predicted octanol–water partition coefficient (Wildman–Crippen LogP) is 1.69. The summed E-state index contributed by atoms with van der Waals surface area (Å²) in [5.74, 6) is 0. The van der Waals surface area contributed by atoms with Crippen molar-refractivity contribution >= 4 is 0 Å². The molecule has 3 nitrogen and oxygen atoms in total. The van der Waals surface area contributed by atoms with Gasteiger partial charge in [-0.15, -0.1) is 0 Å². The van der Waals surface area contributed by atoms with Crippen molar-refractivity contribution in [2.45, 2.75) is 39.2 Å². The van der Waals surface area contributed by atoms with Crippen LogP contribution in [0.25, 0.3) is 0 Å². The van der Waals surface area contributed by atoms with Gasteiger partial charge < -0.3 is 10.1 Å². The van der Waals surface area contributed by atoms with Gasteiger partial charge >= 0.3 is 0 Å². The summed E-state index contributed by atoms with van der Waals surface area (Å²) in [5.41, 5.74) is -0.196. The van der Waals surface area contributed by atoms with E-state index in [-0.39, 0.29) is 5.41 Å². The molecule has 0 bridgehead atoms. The van der Waals surface area contributed by atoms with Crippen LogP contribution in [0.2, 0.25) is 0 Å². The van der Waals surface area contributed by atoms with Crippen molar-refractivity contribution in [1.82, 2.24) is 5.32 Å². The summed E-state index contributed by atoms with van der Waals surface area (Å²) >= 11 is 0. The SMILES string of the molecule is CC(C)(C#N)CCNC1CCOCC1. The number of nitrogens with one attached hydrogen (secondary N) is 1. The Hall–Kier alpha value is -0.590. The van der Waals surface area contributed by atoms with E-state index in [0.29, 0.717) is 6.04 Å². The van der Waals surface area contributed by atoms with E-state index in [1.807, 2.05) is 13.8 Å². The standard InChI is InChI=1S/C11H20N2O/c1-11(2,9-12)5-6-13-10-3-7-14-8-4-10/h10,13H,3-8H2,1-2H3. The van der Waals surface area contributed by atoms with Gasteiger partial charge in [0.2, 0.25) is 0 Å². The van der Waals surface area contributed by atoms with Gasteiger partial charge in [0.05, 0.1) is 11.5 Å².